The predicted molar refractivity (Wildman–Crippen MR) is 76.1 cm³/mol. The van der Waals surface area contributed by atoms with Crippen molar-refractivity contribution in [2.24, 2.45) is 0 Å². The zero-order chi connectivity index (χ0) is 14.0. The highest BCUT2D eigenvalue weighted by molar-refractivity contribution is 5.37. The molecule has 1 aliphatic rings. The molecule has 0 atom stereocenters. The molecule has 0 spiro atoms. The first kappa shape index (κ1) is 14.0. The lowest BCUT2D eigenvalue weighted by molar-refractivity contribution is 0.147. The van der Waals surface area contributed by atoms with Crippen molar-refractivity contribution in [3.63, 3.8) is 0 Å². The molecule has 1 aromatic heterocycles. The Bertz CT molecular complexity index is 464. The number of hydrogen-bond donors (Lipinski definition) is 0. The SMILES string of the molecule is Cc1ccc(N(C)C2CCC(C#N)(N(C)C)CC2)o1. The van der Waals surface area contributed by atoms with Gasteiger partial charge in [-0.05, 0) is 52.8 Å². The average molecular weight is 261 g/mol. The Labute approximate surface area is 115 Å². The van der Waals surface area contributed by atoms with Crippen molar-refractivity contribution in [2.45, 2.75) is 44.2 Å². The van der Waals surface area contributed by atoms with E-state index in [0.717, 1.165) is 37.3 Å². The summed E-state index contributed by atoms with van der Waals surface area (Å²) in [4.78, 5) is 4.28. The topological polar surface area (TPSA) is 43.4 Å². The van der Waals surface area contributed by atoms with Gasteiger partial charge in [0.2, 0.25) is 0 Å². The van der Waals surface area contributed by atoms with Crippen molar-refractivity contribution in [2.75, 3.05) is 26.0 Å². The van der Waals surface area contributed by atoms with Crippen LogP contribution >= 0.6 is 0 Å². The number of aryl methyl sites for hydroxylation is 1. The smallest absolute Gasteiger partial charge is 0.195 e. The summed E-state index contributed by atoms with van der Waals surface area (Å²) in [6.07, 6.45) is 3.90. The molecule has 4 nitrogen and oxygen atoms in total. The van der Waals surface area contributed by atoms with Crippen LogP contribution in [0.4, 0.5) is 5.88 Å². The van der Waals surface area contributed by atoms with Crippen molar-refractivity contribution < 1.29 is 4.42 Å². The Morgan fingerprint density at radius 3 is 2.32 bits per heavy atom. The Kier molecular flexibility index (Phi) is 3.86. The van der Waals surface area contributed by atoms with Crippen molar-refractivity contribution in [1.82, 2.24) is 4.90 Å². The zero-order valence-corrected chi connectivity index (χ0v) is 12.3. The monoisotopic (exact) mass is 261 g/mol. The molecule has 19 heavy (non-hydrogen) atoms. The number of rotatable bonds is 3. The normalized spacial score (nSPS) is 27.3. The van der Waals surface area contributed by atoms with Crippen molar-refractivity contribution >= 4 is 5.88 Å². The summed E-state index contributed by atoms with van der Waals surface area (Å²) in [5.41, 5.74) is -0.281. The second kappa shape index (κ2) is 5.26. The van der Waals surface area contributed by atoms with Crippen LogP contribution in [0.2, 0.25) is 0 Å². The van der Waals surface area contributed by atoms with Gasteiger partial charge < -0.3 is 9.32 Å². The zero-order valence-electron chi connectivity index (χ0n) is 12.3. The molecule has 2 rings (SSSR count). The summed E-state index contributed by atoms with van der Waals surface area (Å²) < 4.78 is 5.67. The van der Waals surface area contributed by atoms with Crippen LogP contribution in [0, 0.1) is 18.3 Å². The van der Waals surface area contributed by atoms with Gasteiger partial charge in [0, 0.05) is 19.2 Å². The van der Waals surface area contributed by atoms with E-state index in [2.05, 4.69) is 22.9 Å². The lowest BCUT2D eigenvalue weighted by Crippen LogP contribution is -2.49. The van der Waals surface area contributed by atoms with Gasteiger partial charge in [0.05, 0.1) is 6.07 Å². The van der Waals surface area contributed by atoms with E-state index >= 15 is 0 Å². The highest BCUT2D eigenvalue weighted by atomic mass is 16.4. The number of hydrogen-bond acceptors (Lipinski definition) is 4. The molecule has 0 N–H and O–H groups in total. The maximum Gasteiger partial charge on any atom is 0.195 e. The van der Waals surface area contributed by atoms with E-state index in [1.54, 1.807) is 0 Å². The molecule has 104 valence electrons. The number of nitrogens with zero attached hydrogens (tertiary/aromatic N) is 3. The van der Waals surface area contributed by atoms with Gasteiger partial charge in [-0.25, -0.2) is 0 Å². The van der Waals surface area contributed by atoms with Gasteiger partial charge in [-0.1, -0.05) is 0 Å². The van der Waals surface area contributed by atoms with Crippen LogP contribution in [0.5, 0.6) is 0 Å². The lowest BCUT2D eigenvalue weighted by atomic mass is 9.79. The summed E-state index contributed by atoms with van der Waals surface area (Å²) in [5, 5.41) is 9.43. The van der Waals surface area contributed by atoms with E-state index in [0.29, 0.717) is 6.04 Å². The van der Waals surface area contributed by atoms with E-state index in [9.17, 15) is 5.26 Å². The summed E-state index contributed by atoms with van der Waals surface area (Å²) in [5.74, 6) is 1.87. The van der Waals surface area contributed by atoms with E-state index < -0.39 is 0 Å². The van der Waals surface area contributed by atoms with Crippen LogP contribution in [-0.4, -0.2) is 37.6 Å². The van der Waals surface area contributed by atoms with E-state index in [4.69, 9.17) is 4.42 Å². The van der Waals surface area contributed by atoms with Crippen LogP contribution < -0.4 is 4.90 Å². The van der Waals surface area contributed by atoms with Gasteiger partial charge in [-0.15, -0.1) is 0 Å². The third-order valence-corrected chi connectivity index (χ3v) is 4.47. The maximum absolute atomic E-state index is 9.43. The second-order valence-corrected chi connectivity index (χ2v) is 5.76. The molecule has 1 aliphatic carbocycles. The van der Waals surface area contributed by atoms with E-state index in [1.165, 1.54) is 0 Å². The lowest BCUT2D eigenvalue weighted by Gasteiger charge is -2.42. The minimum atomic E-state index is -0.281. The predicted octanol–water partition coefficient (Wildman–Crippen LogP) is 2.79. The first-order valence-electron chi connectivity index (χ1n) is 6.86. The molecule has 1 heterocycles. The molecule has 1 fully saturated rings. The summed E-state index contributed by atoms with van der Waals surface area (Å²) >= 11 is 0. The van der Waals surface area contributed by atoms with Gasteiger partial charge in [0.15, 0.2) is 5.88 Å². The largest absolute Gasteiger partial charge is 0.446 e. The fourth-order valence-electron chi connectivity index (χ4n) is 2.92. The molecule has 1 aromatic rings. The second-order valence-electron chi connectivity index (χ2n) is 5.76. The van der Waals surface area contributed by atoms with Crippen LogP contribution in [0.3, 0.4) is 0 Å². The highest BCUT2D eigenvalue weighted by Crippen LogP contribution is 2.35. The molecule has 1 saturated carbocycles. The summed E-state index contributed by atoms with van der Waals surface area (Å²) in [6, 6.07) is 6.98. The van der Waals surface area contributed by atoms with Crippen molar-refractivity contribution in [3.8, 4) is 6.07 Å². The van der Waals surface area contributed by atoms with Crippen molar-refractivity contribution in [3.05, 3.63) is 17.9 Å². The first-order valence-corrected chi connectivity index (χ1v) is 6.86. The maximum atomic E-state index is 9.43. The molecule has 0 radical (unpaired) electrons. The van der Waals surface area contributed by atoms with Gasteiger partial charge in [-0.2, -0.15) is 5.26 Å². The molecule has 0 aliphatic heterocycles. The van der Waals surface area contributed by atoms with Crippen LogP contribution in [0.25, 0.3) is 0 Å². The van der Waals surface area contributed by atoms with Gasteiger partial charge >= 0.3 is 0 Å². The Morgan fingerprint density at radius 1 is 1.26 bits per heavy atom. The Morgan fingerprint density at radius 2 is 1.89 bits per heavy atom. The molecular formula is C15H23N3O. The minimum absolute atomic E-state index is 0.281. The summed E-state index contributed by atoms with van der Waals surface area (Å²) in [6.45, 7) is 1.96. The quantitative estimate of drug-likeness (QED) is 0.839. The van der Waals surface area contributed by atoms with Gasteiger partial charge in [-0.3, -0.25) is 4.90 Å². The number of furan rings is 1. The fraction of sp³-hybridized carbons (Fsp3) is 0.667. The van der Waals surface area contributed by atoms with Gasteiger partial charge in [0.25, 0.3) is 0 Å². The van der Waals surface area contributed by atoms with Crippen LogP contribution in [-0.2, 0) is 0 Å². The molecule has 0 unspecified atom stereocenters. The minimum Gasteiger partial charge on any atom is -0.446 e. The molecule has 0 saturated heterocycles. The summed E-state index contributed by atoms with van der Waals surface area (Å²) in [7, 11) is 6.09. The van der Waals surface area contributed by atoms with Gasteiger partial charge in [0.1, 0.15) is 11.3 Å². The molecule has 0 aromatic carbocycles. The molecule has 0 amide bonds. The van der Waals surface area contributed by atoms with Crippen LogP contribution in [0.1, 0.15) is 31.4 Å². The number of nitriles is 1. The van der Waals surface area contributed by atoms with Crippen LogP contribution in [0.15, 0.2) is 16.5 Å². The number of anilines is 1. The van der Waals surface area contributed by atoms with Crippen molar-refractivity contribution in [1.29, 1.82) is 5.26 Å². The highest BCUT2D eigenvalue weighted by Gasteiger charge is 2.38. The molecule has 0 bridgehead atoms. The third kappa shape index (κ3) is 2.62. The average Bonchev–Trinajstić information content (AvgIpc) is 2.84. The molecule has 4 heteroatoms. The third-order valence-electron chi connectivity index (χ3n) is 4.47. The molecular weight excluding hydrogens is 238 g/mol. The first-order chi connectivity index (χ1) is 8.98. The Balaban J connectivity index is 2.02. The fourth-order valence-corrected chi connectivity index (χ4v) is 2.92. The van der Waals surface area contributed by atoms with E-state index in [-0.39, 0.29) is 5.54 Å². The van der Waals surface area contributed by atoms with E-state index in [1.807, 2.05) is 33.2 Å². The standard InChI is InChI=1S/C15H23N3O/c1-12-5-6-14(19-12)18(4)13-7-9-15(11-16,10-8-13)17(2)3/h5-6,13H,7-10H2,1-4H3. The Hall–Kier alpha value is -1.47.